The topological polar surface area (TPSA) is 74.7 Å². The quantitative estimate of drug-likeness (QED) is 0.829. The lowest BCUT2D eigenvalue weighted by Gasteiger charge is -2.36. The molecule has 0 radical (unpaired) electrons. The first-order valence-corrected chi connectivity index (χ1v) is 7.36. The molecule has 1 heterocycles. The van der Waals surface area contributed by atoms with Crippen molar-refractivity contribution in [3.63, 3.8) is 0 Å². The van der Waals surface area contributed by atoms with Gasteiger partial charge in [0.25, 0.3) is 0 Å². The monoisotopic (exact) mass is 263 g/mol. The Morgan fingerprint density at radius 3 is 2.29 bits per heavy atom. The molecule has 0 bridgehead atoms. The molecule has 1 rings (SSSR count). The van der Waals surface area contributed by atoms with Crippen molar-refractivity contribution in [2.24, 2.45) is 11.3 Å². The van der Waals surface area contributed by atoms with Crippen LogP contribution in [0.2, 0.25) is 0 Å². The van der Waals surface area contributed by atoms with E-state index in [0.717, 1.165) is 0 Å². The Balaban J connectivity index is 3.03. The maximum atomic E-state index is 12.0. The van der Waals surface area contributed by atoms with E-state index < -0.39 is 22.0 Å². The molecule has 0 aliphatic carbocycles. The van der Waals surface area contributed by atoms with Crippen LogP contribution in [-0.4, -0.2) is 42.1 Å². The second-order valence-corrected chi connectivity index (χ2v) is 7.90. The van der Waals surface area contributed by atoms with Crippen LogP contribution in [0.5, 0.6) is 0 Å². The largest absolute Gasteiger partial charge is 0.481 e. The Bertz CT molecular complexity index is 396. The smallest absolute Gasteiger partial charge is 0.304 e. The Morgan fingerprint density at radius 2 is 2.00 bits per heavy atom. The van der Waals surface area contributed by atoms with Gasteiger partial charge < -0.3 is 5.11 Å². The Labute approximate surface area is 103 Å². The molecular formula is C11H21NO4S. The Hall–Kier alpha value is -0.620. The van der Waals surface area contributed by atoms with E-state index in [0.29, 0.717) is 6.54 Å². The highest BCUT2D eigenvalue weighted by atomic mass is 32.2. The lowest BCUT2D eigenvalue weighted by Crippen LogP contribution is -2.46. The van der Waals surface area contributed by atoms with Gasteiger partial charge in [-0.05, 0) is 11.3 Å². The summed E-state index contributed by atoms with van der Waals surface area (Å²) in [5.74, 6) is -0.766. The van der Waals surface area contributed by atoms with Crippen molar-refractivity contribution in [1.82, 2.24) is 4.31 Å². The Morgan fingerprint density at radius 1 is 1.47 bits per heavy atom. The highest BCUT2D eigenvalue weighted by molar-refractivity contribution is 7.89. The molecule has 2 unspecified atom stereocenters. The van der Waals surface area contributed by atoms with Crippen LogP contribution in [0, 0.1) is 11.3 Å². The zero-order valence-electron chi connectivity index (χ0n) is 10.8. The number of rotatable bonds is 3. The molecule has 0 amide bonds. The third-order valence-electron chi connectivity index (χ3n) is 3.06. The van der Waals surface area contributed by atoms with E-state index in [1.807, 2.05) is 27.7 Å². The first kappa shape index (κ1) is 14.4. The van der Waals surface area contributed by atoms with Gasteiger partial charge in [-0.2, -0.15) is 4.31 Å². The number of aliphatic carboxylic acids is 1. The highest BCUT2D eigenvalue weighted by Crippen LogP contribution is 2.33. The van der Waals surface area contributed by atoms with Crippen LogP contribution >= 0.6 is 0 Å². The number of carboxylic acids is 1. The molecule has 1 saturated heterocycles. The van der Waals surface area contributed by atoms with Gasteiger partial charge in [0, 0.05) is 12.6 Å². The lowest BCUT2D eigenvalue weighted by molar-refractivity contribution is -0.138. The molecule has 1 aliphatic rings. The molecule has 6 heteroatoms. The highest BCUT2D eigenvalue weighted by Gasteiger charge is 2.43. The number of hydrogen-bond acceptors (Lipinski definition) is 3. The van der Waals surface area contributed by atoms with Crippen molar-refractivity contribution in [3.05, 3.63) is 0 Å². The number of nitrogens with zero attached hydrogens (tertiary/aromatic N) is 1. The molecule has 0 aromatic carbocycles. The summed E-state index contributed by atoms with van der Waals surface area (Å²) in [5, 5.41) is 8.92. The summed E-state index contributed by atoms with van der Waals surface area (Å²) in [6.45, 7) is 7.92. The fourth-order valence-electron chi connectivity index (χ4n) is 2.26. The predicted octanol–water partition coefficient (Wildman–Crippen LogP) is 1.16. The summed E-state index contributed by atoms with van der Waals surface area (Å²) in [6, 6.07) is -0.477. The van der Waals surface area contributed by atoms with Crippen LogP contribution in [0.25, 0.3) is 0 Å². The van der Waals surface area contributed by atoms with Crippen molar-refractivity contribution in [2.75, 3.05) is 12.3 Å². The predicted molar refractivity (Wildman–Crippen MR) is 65.2 cm³/mol. The van der Waals surface area contributed by atoms with Gasteiger partial charge in [-0.1, -0.05) is 27.7 Å². The summed E-state index contributed by atoms with van der Waals surface area (Å²) in [7, 11) is -3.29. The minimum Gasteiger partial charge on any atom is -0.481 e. The third kappa shape index (κ3) is 3.42. The van der Waals surface area contributed by atoms with E-state index in [2.05, 4.69) is 0 Å². The van der Waals surface area contributed by atoms with Gasteiger partial charge >= 0.3 is 5.97 Å². The first-order valence-electron chi connectivity index (χ1n) is 5.75. The number of carboxylic acid groups (broad SMARTS) is 1. The van der Waals surface area contributed by atoms with E-state index in [9.17, 15) is 13.2 Å². The number of sulfonamides is 1. The summed E-state index contributed by atoms with van der Waals surface area (Å²) in [6.07, 6.45) is -0.143. The lowest BCUT2D eigenvalue weighted by atomic mass is 9.84. The zero-order valence-corrected chi connectivity index (χ0v) is 11.6. The van der Waals surface area contributed by atoms with E-state index in [1.165, 1.54) is 4.31 Å². The maximum absolute atomic E-state index is 12.0. The molecule has 0 aromatic heterocycles. The van der Waals surface area contributed by atoms with Gasteiger partial charge in [0.15, 0.2) is 0 Å². The molecule has 0 saturated carbocycles. The molecule has 1 fully saturated rings. The fraction of sp³-hybridized carbons (Fsp3) is 0.909. The van der Waals surface area contributed by atoms with E-state index in [-0.39, 0.29) is 23.5 Å². The number of carbonyl (C=O) groups is 1. The average Bonchev–Trinajstić information content (AvgIpc) is 2.32. The van der Waals surface area contributed by atoms with Crippen LogP contribution in [0.15, 0.2) is 0 Å². The first-order chi connectivity index (χ1) is 7.54. The van der Waals surface area contributed by atoms with Gasteiger partial charge in [-0.3, -0.25) is 4.79 Å². The molecule has 5 nitrogen and oxygen atoms in total. The van der Waals surface area contributed by atoms with Crippen LogP contribution in [-0.2, 0) is 14.8 Å². The fourth-order valence-corrected chi connectivity index (χ4v) is 4.53. The summed E-state index contributed by atoms with van der Waals surface area (Å²) < 4.78 is 25.3. The van der Waals surface area contributed by atoms with Gasteiger partial charge in [0.05, 0.1) is 12.2 Å². The standard InChI is InChI=1S/C11H21NO4S/c1-8-6-12(17(15,16)7-8)9(5-10(13)14)11(2,3)4/h8-9H,5-7H2,1-4H3,(H,13,14). The van der Waals surface area contributed by atoms with E-state index in [1.54, 1.807) is 0 Å². The second kappa shape index (κ2) is 4.57. The van der Waals surface area contributed by atoms with Crippen molar-refractivity contribution < 1.29 is 18.3 Å². The van der Waals surface area contributed by atoms with E-state index >= 15 is 0 Å². The molecule has 17 heavy (non-hydrogen) atoms. The summed E-state index contributed by atoms with van der Waals surface area (Å²) in [4.78, 5) is 10.9. The molecule has 1 aliphatic heterocycles. The normalized spacial score (nSPS) is 26.9. The molecular weight excluding hydrogens is 242 g/mol. The van der Waals surface area contributed by atoms with Crippen LogP contribution in [0.1, 0.15) is 34.1 Å². The van der Waals surface area contributed by atoms with Gasteiger partial charge in [0.2, 0.25) is 10.0 Å². The minimum absolute atomic E-state index is 0.0682. The average molecular weight is 263 g/mol. The third-order valence-corrected chi connectivity index (χ3v) is 5.17. The van der Waals surface area contributed by atoms with E-state index in [4.69, 9.17) is 5.11 Å². The minimum atomic E-state index is -3.29. The molecule has 0 spiro atoms. The molecule has 1 N–H and O–H groups in total. The maximum Gasteiger partial charge on any atom is 0.304 e. The van der Waals surface area contributed by atoms with Crippen molar-refractivity contribution in [2.45, 2.75) is 40.2 Å². The second-order valence-electron chi connectivity index (χ2n) is 5.93. The summed E-state index contributed by atoms with van der Waals surface area (Å²) in [5.41, 5.74) is -0.379. The van der Waals surface area contributed by atoms with Crippen LogP contribution in [0.3, 0.4) is 0 Å². The summed E-state index contributed by atoms with van der Waals surface area (Å²) >= 11 is 0. The van der Waals surface area contributed by atoms with Gasteiger partial charge in [0.1, 0.15) is 0 Å². The van der Waals surface area contributed by atoms with Crippen LogP contribution < -0.4 is 0 Å². The zero-order chi connectivity index (χ0) is 13.4. The van der Waals surface area contributed by atoms with Crippen LogP contribution in [0.4, 0.5) is 0 Å². The van der Waals surface area contributed by atoms with Gasteiger partial charge in [-0.15, -0.1) is 0 Å². The van der Waals surface area contributed by atoms with Crippen molar-refractivity contribution >= 4 is 16.0 Å². The molecule has 100 valence electrons. The van der Waals surface area contributed by atoms with Gasteiger partial charge in [-0.25, -0.2) is 8.42 Å². The Kier molecular flexibility index (Phi) is 3.88. The van der Waals surface area contributed by atoms with Crippen molar-refractivity contribution in [1.29, 1.82) is 0 Å². The van der Waals surface area contributed by atoms with Crippen molar-refractivity contribution in [3.8, 4) is 0 Å². The SMILES string of the molecule is CC1CN(C(CC(=O)O)C(C)(C)C)S(=O)(=O)C1. The number of hydrogen-bond donors (Lipinski definition) is 1. The molecule has 0 aromatic rings. The molecule has 2 atom stereocenters.